The summed E-state index contributed by atoms with van der Waals surface area (Å²) in [5.74, 6) is -1.66. The molecule has 0 atom stereocenters. The molecule has 0 spiro atoms. The van der Waals surface area contributed by atoms with Crippen LogP contribution in [0.15, 0.2) is 65.3 Å². The van der Waals surface area contributed by atoms with E-state index in [1.54, 1.807) is 12.1 Å². The predicted octanol–water partition coefficient (Wildman–Crippen LogP) is 4.56. The monoisotopic (exact) mass is 343 g/mol. The first-order chi connectivity index (χ1) is 11.6. The topological polar surface area (TPSA) is 59.3 Å². The number of ketones is 1. The number of benzene rings is 2. The zero-order chi connectivity index (χ0) is 17.1. The average Bonchev–Trinajstić information content (AvgIpc) is 3.11. The molecule has 1 heterocycles. The number of carbonyl (C=O) groups excluding carboxylic acids is 2. The van der Waals surface area contributed by atoms with Gasteiger partial charge < -0.3 is 9.73 Å². The fourth-order valence-corrected chi connectivity index (χ4v) is 2.37. The minimum Gasteiger partial charge on any atom is -0.459 e. The van der Waals surface area contributed by atoms with E-state index in [1.807, 2.05) is 0 Å². The van der Waals surface area contributed by atoms with Gasteiger partial charge in [0.05, 0.1) is 17.5 Å². The Morgan fingerprint density at radius 2 is 1.79 bits per heavy atom. The lowest BCUT2D eigenvalue weighted by Crippen LogP contribution is -2.15. The first-order valence-electron chi connectivity index (χ1n) is 7.00. The summed E-state index contributed by atoms with van der Waals surface area (Å²) >= 11 is 5.95. The Kier molecular flexibility index (Phi) is 4.44. The lowest BCUT2D eigenvalue weighted by atomic mass is 10.0. The molecule has 1 amide bonds. The number of amides is 1. The zero-order valence-electron chi connectivity index (χ0n) is 12.3. The van der Waals surface area contributed by atoms with E-state index in [0.717, 1.165) is 0 Å². The lowest BCUT2D eigenvalue weighted by molar-refractivity contribution is 0.0996. The lowest BCUT2D eigenvalue weighted by Gasteiger charge is -2.11. The maximum Gasteiger partial charge on any atom is 0.291 e. The molecule has 0 bridgehead atoms. The molecule has 120 valence electrons. The number of furan rings is 1. The minimum absolute atomic E-state index is 0.0903. The van der Waals surface area contributed by atoms with E-state index >= 15 is 0 Å². The second-order valence-corrected chi connectivity index (χ2v) is 5.37. The molecule has 24 heavy (non-hydrogen) atoms. The number of anilines is 1. The van der Waals surface area contributed by atoms with Gasteiger partial charge in [0.25, 0.3) is 5.91 Å². The fraction of sp³-hybridized carbons (Fsp3) is 0. The summed E-state index contributed by atoms with van der Waals surface area (Å²) in [6.45, 7) is 0. The first kappa shape index (κ1) is 16.0. The van der Waals surface area contributed by atoms with E-state index in [0.29, 0.717) is 5.02 Å². The van der Waals surface area contributed by atoms with Crippen molar-refractivity contribution in [2.24, 2.45) is 0 Å². The van der Waals surface area contributed by atoms with Crippen LogP contribution in [0, 0.1) is 5.82 Å². The summed E-state index contributed by atoms with van der Waals surface area (Å²) in [5, 5.41) is 2.87. The molecule has 3 aromatic rings. The molecule has 1 N–H and O–H groups in total. The van der Waals surface area contributed by atoms with Gasteiger partial charge in [0.15, 0.2) is 11.5 Å². The highest BCUT2D eigenvalue weighted by atomic mass is 35.5. The van der Waals surface area contributed by atoms with Gasteiger partial charge in [0, 0.05) is 10.6 Å². The smallest absolute Gasteiger partial charge is 0.291 e. The maximum atomic E-state index is 13.9. The molecule has 0 saturated heterocycles. The third-order valence-corrected chi connectivity index (χ3v) is 3.57. The third kappa shape index (κ3) is 3.21. The second kappa shape index (κ2) is 6.68. The first-order valence-corrected chi connectivity index (χ1v) is 7.37. The van der Waals surface area contributed by atoms with Gasteiger partial charge in [0.2, 0.25) is 0 Å². The van der Waals surface area contributed by atoms with Gasteiger partial charge in [-0.3, -0.25) is 9.59 Å². The van der Waals surface area contributed by atoms with E-state index in [2.05, 4.69) is 5.32 Å². The van der Waals surface area contributed by atoms with Crippen LogP contribution >= 0.6 is 11.6 Å². The fourth-order valence-electron chi connectivity index (χ4n) is 2.20. The third-order valence-electron chi connectivity index (χ3n) is 3.34. The zero-order valence-corrected chi connectivity index (χ0v) is 13.0. The van der Waals surface area contributed by atoms with Crippen molar-refractivity contribution in [3.63, 3.8) is 0 Å². The Balaban J connectivity index is 1.98. The van der Waals surface area contributed by atoms with Crippen LogP contribution in [0.1, 0.15) is 26.5 Å². The molecular weight excluding hydrogens is 333 g/mol. The molecule has 6 heteroatoms. The molecule has 0 unspecified atom stereocenters. The highest BCUT2D eigenvalue weighted by molar-refractivity contribution is 6.31. The minimum atomic E-state index is -0.647. The van der Waals surface area contributed by atoms with Gasteiger partial charge in [-0.25, -0.2) is 4.39 Å². The molecule has 1 aromatic heterocycles. The van der Waals surface area contributed by atoms with Gasteiger partial charge in [0.1, 0.15) is 5.82 Å². The van der Waals surface area contributed by atoms with Crippen molar-refractivity contribution in [1.29, 1.82) is 0 Å². The largest absolute Gasteiger partial charge is 0.459 e. The van der Waals surface area contributed by atoms with Crippen LogP contribution in [0.2, 0.25) is 5.02 Å². The Bertz CT molecular complexity index is 906. The van der Waals surface area contributed by atoms with Crippen LogP contribution in [-0.4, -0.2) is 11.7 Å². The van der Waals surface area contributed by atoms with Gasteiger partial charge in [-0.15, -0.1) is 0 Å². The van der Waals surface area contributed by atoms with Crippen molar-refractivity contribution >= 4 is 29.0 Å². The molecule has 3 rings (SSSR count). The van der Waals surface area contributed by atoms with Crippen molar-refractivity contribution in [3.8, 4) is 0 Å². The number of halogens is 2. The highest BCUT2D eigenvalue weighted by Crippen LogP contribution is 2.25. The van der Waals surface area contributed by atoms with Crippen LogP contribution in [0.5, 0.6) is 0 Å². The van der Waals surface area contributed by atoms with Gasteiger partial charge >= 0.3 is 0 Å². The summed E-state index contributed by atoms with van der Waals surface area (Å²) in [7, 11) is 0. The quantitative estimate of drug-likeness (QED) is 0.707. The van der Waals surface area contributed by atoms with Crippen molar-refractivity contribution in [2.75, 3.05) is 5.32 Å². The number of rotatable bonds is 4. The number of hydrogen-bond donors (Lipinski definition) is 1. The Labute approximate surface area is 141 Å². The number of nitrogens with one attached hydrogen (secondary N) is 1. The van der Waals surface area contributed by atoms with Gasteiger partial charge in [-0.05, 0) is 42.5 Å². The molecule has 0 saturated carbocycles. The standard InChI is InChI=1S/C18H11ClFNO3/c19-11-7-8-15(21-18(23)16-6-3-9-24-16)13(10-11)17(22)12-4-1-2-5-14(12)20/h1-10H,(H,21,23). The van der Waals surface area contributed by atoms with Crippen LogP contribution in [0.3, 0.4) is 0 Å². The molecule has 0 aliphatic carbocycles. The van der Waals surface area contributed by atoms with Gasteiger partial charge in [-0.1, -0.05) is 23.7 Å². The van der Waals surface area contributed by atoms with Crippen LogP contribution in [0.4, 0.5) is 10.1 Å². The van der Waals surface area contributed by atoms with E-state index in [9.17, 15) is 14.0 Å². The van der Waals surface area contributed by atoms with Crippen LogP contribution in [-0.2, 0) is 0 Å². The van der Waals surface area contributed by atoms with Crippen LogP contribution < -0.4 is 5.32 Å². The van der Waals surface area contributed by atoms with Crippen molar-refractivity contribution in [3.05, 3.63) is 88.6 Å². The Morgan fingerprint density at radius 3 is 2.50 bits per heavy atom. The summed E-state index contributed by atoms with van der Waals surface area (Å²) in [4.78, 5) is 24.7. The highest BCUT2D eigenvalue weighted by Gasteiger charge is 2.19. The molecule has 0 aliphatic rings. The number of hydrogen-bond acceptors (Lipinski definition) is 3. The average molecular weight is 344 g/mol. The van der Waals surface area contributed by atoms with Crippen molar-refractivity contribution in [2.45, 2.75) is 0 Å². The molecule has 4 nitrogen and oxygen atoms in total. The van der Waals surface area contributed by atoms with Crippen molar-refractivity contribution < 1.29 is 18.4 Å². The molecule has 0 fully saturated rings. The van der Waals surface area contributed by atoms with E-state index in [1.165, 1.54) is 48.7 Å². The molecule has 0 aliphatic heterocycles. The maximum absolute atomic E-state index is 13.9. The summed E-state index contributed by atoms with van der Waals surface area (Å²) in [5.41, 5.74) is 0.204. The Hall–Kier alpha value is -2.92. The predicted molar refractivity (Wildman–Crippen MR) is 87.9 cm³/mol. The van der Waals surface area contributed by atoms with E-state index in [-0.39, 0.29) is 22.6 Å². The second-order valence-electron chi connectivity index (χ2n) is 4.93. The molecular formula is C18H11ClFNO3. The summed E-state index contributed by atoms with van der Waals surface area (Å²) in [6, 6.07) is 13.1. The SMILES string of the molecule is O=C(Nc1ccc(Cl)cc1C(=O)c1ccccc1F)c1ccco1. The molecule has 2 aromatic carbocycles. The van der Waals surface area contributed by atoms with Crippen molar-refractivity contribution in [1.82, 2.24) is 0 Å². The van der Waals surface area contributed by atoms with Gasteiger partial charge in [-0.2, -0.15) is 0 Å². The van der Waals surface area contributed by atoms with Crippen LogP contribution in [0.25, 0.3) is 0 Å². The normalized spacial score (nSPS) is 10.4. The summed E-state index contributed by atoms with van der Waals surface area (Å²) in [6.07, 6.45) is 1.36. The summed E-state index contributed by atoms with van der Waals surface area (Å²) < 4.78 is 18.9. The Morgan fingerprint density at radius 1 is 1.00 bits per heavy atom. The van der Waals surface area contributed by atoms with E-state index < -0.39 is 17.5 Å². The number of carbonyl (C=O) groups is 2. The molecule has 0 radical (unpaired) electrons. The van der Waals surface area contributed by atoms with E-state index in [4.69, 9.17) is 16.0 Å².